The number of fused-ring (bicyclic) bond motifs is 1. The van der Waals surface area contributed by atoms with E-state index in [4.69, 9.17) is 9.47 Å². The van der Waals surface area contributed by atoms with Crippen LogP contribution in [0.3, 0.4) is 0 Å². The molecule has 0 aliphatic carbocycles. The van der Waals surface area contributed by atoms with Gasteiger partial charge in [-0.15, -0.1) is 6.58 Å². The van der Waals surface area contributed by atoms with E-state index in [2.05, 4.69) is 6.58 Å². The third-order valence-corrected chi connectivity index (χ3v) is 2.81. The molecular weight excluding hydrogens is 172 g/mol. The molecule has 2 aliphatic heterocycles. The van der Waals surface area contributed by atoms with Crippen molar-refractivity contribution in [2.75, 3.05) is 13.2 Å². The third-order valence-electron chi connectivity index (χ3n) is 2.81. The summed E-state index contributed by atoms with van der Waals surface area (Å²) in [5, 5.41) is 19.2. The molecule has 4 nitrogen and oxygen atoms in total. The van der Waals surface area contributed by atoms with E-state index in [1.54, 1.807) is 6.08 Å². The van der Waals surface area contributed by atoms with E-state index in [-0.39, 0.29) is 13.2 Å². The van der Waals surface area contributed by atoms with Gasteiger partial charge in [-0.05, 0) is 6.42 Å². The lowest BCUT2D eigenvalue weighted by Gasteiger charge is -2.28. The minimum atomic E-state index is -0.749. The van der Waals surface area contributed by atoms with Crippen molar-refractivity contribution in [1.29, 1.82) is 0 Å². The second kappa shape index (κ2) is 3.06. The van der Waals surface area contributed by atoms with Crippen molar-refractivity contribution in [2.45, 2.75) is 30.3 Å². The summed E-state index contributed by atoms with van der Waals surface area (Å²) in [5.74, 6) is 0. The third kappa shape index (κ3) is 1.14. The monoisotopic (exact) mass is 186 g/mol. The van der Waals surface area contributed by atoms with Crippen LogP contribution in [0.25, 0.3) is 0 Å². The average molecular weight is 186 g/mol. The molecule has 2 rings (SSSR count). The van der Waals surface area contributed by atoms with Gasteiger partial charge in [0.15, 0.2) is 0 Å². The van der Waals surface area contributed by atoms with Crippen molar-refractivity contribution >= 4 is 0 Å². The highest BCUT2D eigenvalue weighted by molar-refractivity contribution is 5.09. The van der Waals surface area contributed by atoms with E-state index in [1.807, 2.05) is 0 Å². The maximum Gasteiger partial charge on any atom is 0.128 e. The Hall–Kier alpha value is -0.420. The maximum absolute atomic E-state index is 9.69. The zero-order valence-electron chi connectivity index (χ0n) is 7.35. The molecule has 0 saturated carbocycles. The quantitative estimate of drug-likeness (QED) is 0.568. The first-order valence-corrected chi connectivity index (χ1v) is 4.43. The predicted molar refractivity (Wildman–Crippen MR) is 45.3 cm³/mol. The fourth-order valence-electron chi connectivity index (χ4n) is 2.15. The summed E-state index contributed by atoms with van der Waals surface area (Å²) in [4.78, 5) is 0. The molecule has 13 heavy (non-hydrogen) atoms. The fourth-order valence-corrected chi connectivity index (χ4v) is 2.15. The molecule has 2 saturated heterocycles. The Bertz CT molecular complexity index is 218. The summed E-state index contributed by atoms with van der Waals surface area (Å²) in [7, 11) is 0. The summed E-state index contributed by atoms with van der Waals surface area (Å²) in [6, 6.07) is 0. The minimum absolute atomic E-state index is 0.232. The van der Waals surface area contributed by atoms with Crippen LogP contribution in [0.15, 0.2) is 12.7 Å². The van der Waals surface area contributed by atoms with Gasteiger partial charge in [0.1, 0.15) is 23.9 Å². The van der Waals surface area contributed by atoms with Gasteiger partial charge >= 0.3 is 0 Å². The van der Waals surface area contributed by atoms with Gasteiger partial charge in [-0.3, -0.25) is 0 Å². The molecule has 0 amide bonds. The molecular formula is C9H14O4. The molecule has 4 heteroatoms. The van der Waals surface area contributed by atoms with Crippen molar-refractivity contribution in [3.8, 4) is 0 Å². The molecule has 2 N–H and O–H groups in total. The molecule has 0 bridgehead atoms. The van der Waals surface area contributed by atoms with Gasteiger partial charge in [0.25, 0.3) is 0 Å². The van der Waals surface area contributed by atoms with Crippen molar-refractivity contribution < 1.29 is 19.7 Å². The van der Waals surface area contributed by atoms with Crippen LogP contribution in [0, 0.1) is 0 Å². The number of aliphatic hydroxyl groups is 2. The van der Waals surface area contributed by atoms with Crippen LogP contribution in [-0.4, -0.2) is 47.3 Å². The smallest absolute Gasteiger partial charge is 0.128 e. The largest absolute Gasteiger partial charge is 0.388 e. The molecule has 0 aromatic carbocycles. The second-order valence-electron chi connectivity index (χ2n) is 3.60. The fraction of sp³-hybridized carbons (Fsp3) is 0.778. The van der Waals surface area contributed by atoms with Crippen LogP contribution in [0.5, 0.6) is 0 Å². The van der Waals surface area contributed by atoms with Crippen LogP contribution >= 0.6 is 0 Å². The lowest BCUT2D eigenvalue weighted by Crippen LogP contribution is -2.46. The molecule has 4 atom stereocenters. The Balaban J connectivity index is 2.24. The van der Waals surface area contributed by atoms with Crippen LogP contribution in [0.2, 0.25) is 0 Å². The van der Waals surface area contributed by atoms with Crippen LogP contribution < -0.4 is 0 Å². The van der Waals surface area contributed by atoms with Crippen molar-refractivity contribution in [3.63, 3.8) is 0 Å². The van der Waals surface area contributed by atoms with Crippen LogP contribution in [-0.2, 0) is 9.47 Å². The summed E-state index contributed by atoms with van der Waals surface area (Å²) in [6.07, 6.45) is 0.504. The van der Waals surface area contributed by atoms with E-state index in [9.17, 15) is 10.2 Å². The highest BCUT2D eigenvalue weighted by Crippen LogP contribution is 2.40. The summed E-state index contributed by atoms with van der Waals surface area (Å²) in [5.41, 5.74) is -0.749. The number of rotatable bonds is 2. The summed E-state index contributed by atoms with van der Waals surface area (Å²) in [6.45, 7) is 4.07. The standard InChI is InChI=1S/C9H14O4/c1-2-3-9-7(11)5-12-8(9)6(10)4-13-9/h2,6-8,10-11H,1,3-5H2/t6-,7+,8-,9-/m1/s1. The van der Waals surface area contributed by atoms with Gasteiger partial charge in [0, 0.05) is 0 Å². The first-order valence-electron chi connectivity index (χ1n) is 4.43. The SMILES string of the molecule is C=CC[C@]12OC[C@@H](O)[C@H]1OC[C@@H]2O. The van der Waals surface area contributed by atoms with Gasteiger partial charge < -0.3 is 19.7 Å². The molecule has 0 aromatic rings. The highest BCUT2D eigenvalue weighted by Gasteiger charge is 2.58. The molecule has 0 unspecified atom stereocenters. The molecule has 2 heterocycles. The Labute approximate surface area is 76.8 Å². The average Bonchev–Trinajstić information content (AvgIpc) is 2.57. The van der Waals surface area contributed by atoms with Crippen LogP contribution in [0.4, 0.5) is 0 Å². The topological polar surface area (TPSA) is 58.9 Å². The van der Waals surface area contributed by atoms with Crippen LogP contribution in [0.1, 0.15) is 6.42 Å². The minimum Gasteiger partial charge on any atom is -0.388 e. The molecule has 2 fully saturated rings. The first-order chi connectivity index (χ1) is 6.20. The van der Waals surface area contributed by atoms with Gasteiger partial charge in [-0.2, -0.15) is 0 Å². The molecule has 0 spiro atoms. The van der Waals surface area contributed by atoms with Crippen molar-refractivity contribution in [2.24, 2.45) is 0 Å². The van der Waals surface area contributed by atoms with E-state index in [0.717, 1.165) is 0 Å². The zero-order valence-corrected chi connectivity index (χ0v) is 7.35. The maximum atomic E-state index is 9.69. The van der Waals surface area contributed by atoms with Crippen molar-refractivity contribution in [3.05, 3.63) is 12.7 Å². The number of aliphatic hydroxyl groups excluding tert-OH is 2. The Morgan fingerprint density at radius 2 is 2.23 bits per heavy atom. The Kier molecular flexibility index (Phi) is 2.15. The van der Waals surface area contributed by atoms with Gasteiger partial charge in [0.05, 0.1) is 13.2 Å². The lowest BCUT2D eigenvalue weighted by atomic mass is 9.89. The summed E-state index contributed by atoms with van der Waals surface area (Å²) >= 11 is 0. The highest BCUT2D eigenvalue weighted by atomic mass is 16.6. The van der Waals surface area contributed by atoms with E-state index in [1.165, 1.54) is 0 Å². The number of hydrogen-bond donors (Lipinski definition) is 2. The Morgan fingerprint density at radius 1 is 1.46 bits per heavy atom. The molecule has 2 aliphatic rings. The van der Waals surface area contributed by atoms with E-state index in [0.29, 0.717) is 6.42 Å². The molecule has 0 aromatic heterocycles. The lowest BCUT2D eigenvalue weighted by molar-refractivity contribution is -0.0736. The molecule has 74 valence electrons. The van der Waals surface area contributed by atoms with E-state index < -0.39 is 23.9 Å². The van der Waals surface area contributed by atoms with Crippen molar-refractivity contribution in [1.82, 2.24) is 0 Å². The zero-order chi connectivity index (χ0) is 9.47. The number of ether oxygens (including phenoxy) is 2. The Morgan fingerprint density at radius 3 is 2.92 bits per heavy atom. The second-order valence-corrected chi connectivity index (χ2v) is 3.60. The van der Waals surface area contributed by atoms with E-state index >= 15 is 0 Å². The predicted octanol–water partition coefficient (Wildman–Crippen LogP) is -0.548. The van der Waals surface area contributed by atoms with Gasteiger partial charge in [-0.1, -0.05) is 6.08 Å². The first kappa shape index (κ1) is 9.15. The van der Waals surface area contributed by atoms with Gasteiger partial charge in [-0.25, -0.2) is 0 Å². The molecule has 0 radical (unpaired) electrons. The number of hydrogen-bond acceptors (Lipinski definition) is 4. The normalized spacial score (nSPS) is 49.2. The van der Waals surface area contributed by atoms with Gasteiger partial charge in [0.2, 0.25) is 0 Å². The summed E-state index contributed by atoms with van der Waals surface area (Å²) < 4.78 is 10.7.